The van der Waals surface area contributed by atoms with Crippen LogP contribution >= 0.6 is 0 Å². The second-order valence-corrected chi connectivity index (χ2v) is 9.39. The quantitative estimate of drug-likeness (QED) is 0.671. The van der Waals surface area contributed by atoms with E-state index in [9.17, 15) is 9.59 Å². The first kappa shape index (κ1) is 23.3. The van der Waals surface area contributed by atoms with Crippen molar-refractivity contribution in [3.8, 4) is 11.1 Å². The molecule has 2 aromatic carbocycles. The number of amides is 3. The molecular formula is C27H36N4O2. The van der Waals surface area contributed by atoms with E-state index >= 15 is 0 Å². The van der Waals surface area contributed by atoms with Crippen molar-refractivity contribution in [2.24, 2.45) is 0 Å². The van der Waals surface area contributed by atoms with Crippen LogP contribution in [0.25, 0.3) is 11.1 Å². The molecule has 0 radical (unpaired) electrons. The summed E-state index contributed by atoms with van der Waals surface area (Å²) in [4.78, 5) is 29.2. The molecule has 0 bridgehead atoms. The number of piperidine rings is 1. The Balaban J connectivity index is 1.21. The van der Waals surface area contributed by atoms with Gasteiger partial charge in [0.25, 0.3) is 0 Å². The lowest BCUT2D eigenvalue weighted by atomic mass is 9.95. The summed E-state index contributed by atoms with van der Waals surface area (Å²) in [6, 6.07) is 18.6. The van der Waals surface area contributed by atoms with Gasteiger partial charge in [0.15, 0.2) is 0 Å². The molecule has 2 N–H and O–H groups in total. The number of carbonyl (C=O) groups is 2. The third-order valence-corrected chi connectivity index (χ3v) is 7.01. The van der Waals surface area contributed by atoms with Gasteiger partial charge in [-0.25, -0.2) is 4.79 Å². The van der Waals surface area contributed by atoms with Crippen molar-refractivity contribution in [2.75, 3.05) is 32.0 Å². The maximum Gasteiger partial charge on any atom is 0.321 e. The minimum Gasteiger partial charge on any atom is -0.352 e. The normalized spacial score (nSPS) is 18.0. The number of carbonyl (C=O) groups excluding carboxylic acids is 2. The van der Waals surface area contributed by atoms with Crippen LogP contribution in [0.1, 0.15) is 44.9 Å². The van der Waals surface area contributed by atoms with E-state index in [1.165, 1.54) is 19.3 Å². The minimum atomic E-state index is -0.0871. The van der Waals surface area contributed by atoms with E-state index in [1.807, 2.05) is 54.4 Å². The number of hydrogen-bond donors (Lipinski definition) is 2. The molecule has 0 aromatic heterocycles. The smallest absolute Gasteiger partial charge is 0.321 e. The lowest BCUT2D eigenvalue weighted by Gasteiger charge is -2.36. The van der Waals surface area contributed by atoms with Crippen molar-refractivity contribution in [1.29, 1.82) is 0 Å². The standard InChI is InChI=1S/C27H36N4O2/c1-30(27(33)29-24-14-12-22(13-15-24)21-8-4-2-5-9-21)25-16-18-31(19-17-25)20-26(32)28-23-10-6-3-7-11-23/h2,4-5,8-9,12-15,23,25H,3,6-7,10-11,16-20H2,1H3,(H,28,32)(H,29,33). The van der Waals surface area contributed by atoms with Gasteiger partial charge in [-0.1, -0.05) is 61.7 Å². The van der Waals surface area contributed by atoms with E-state index in [-0.39, 0.29) is 18.0 Å². The van der Waals surface area contributed by atoms with Crippen LogP contribution in [0.15, 0.2) is 54.6 Å². The molecule has 1 heterocycles. The highest BCUT2D eigenvalue weighted by atomic mass is 16.2. The number of benzene rings is 2. The number of anilines is 1. The SMILES string of the molecule is CN(C(=O)Nc1ccc(-c2ccccc2)cc1)C1CCN(CC(=O)NC2CCCCC2)CC1. The summed E-state index contributed by atoms with van der Waals surface area (Å²) in [6.07, 6.45) is 7.73. The highest BCUT2D eigenvalue weighted by Gasteiger charge is 2.27. The third kappa shape index (κ3) is 6.57. The highest BCUT2D eigenvalue weighted by Crippen LogP contribution is 2.22. The van der Waals surface area contributed by atoms with Gasteiger partial charge in [0.2, 0.25) is 5.91 Å². The third-order valence-electron chi connectivity index (χ3n) is 7.01. The molecule has 1 saturated heterocycles. The largest absolute Gasteiger partial charge is 0.352 e. The Kier molecular flexibility index (Phi) is 8.00. The summed E-state index contributed by atoms with van der Waals surface area (Å²) >= 11 is 0. The summed E-state index contributed by atoms with van der Waals surface area (Å²) in [7, 11) is 1.86. The molecule has 1 saturated carbocycles. The van der Waals surface area contributed by atoms with E-state index in [1.54, 1.807) is 0 Å². The highest BCUT2D eigenvalue weighted by molar-refractivity contribution is 5.89. The lowest BCUT2D eigenvalue weighted by Crippen LogP contribution is -2.49. The molecule has 33 heavy (non-hydrogen) atoms. The van der Waals surface area contributed by atoms with E-state index in [0.29, 0.717) is 12.6 Å². The number of nitrogens with one attached hydrogen (secondary N) is 2. The Morgan fingerprint density at radius 1 is 0.879 bits per heavy atom. The van der Waals surface area contributed by atoms with E-state index in [2.05, 4.69) is 27.7 Å². The van der Waals surface area contributed by atoms with Gasteiger partial charge < -0.3 is 15.5 Å². The molecule has 6 nitrogen and oxygen atoms in total. The van der Waals surface area contributed by atoms with Crippen molar-refractivity contribution in [3.05, 3.63) is 54.6 Å². The molecule has 2 aliphatic rings. The molecule has 2 fully saturated rings. The first-order valence-corrected chi connectivity index (χ1v) is 12.3. The molecule has 6 heteroatoms. The number of rotatable bonds is 6. The van der Waals surface area contributed by atoms with E-state index in [0.717, 1.165) is 55.6 Å². The Morgan fingerprint density at radius 2 is 1.52 bits per heavy atom. The van der Waals surface area contributed by atoms with Gasteiger partial charge in [-0.3, -0.25) is 9.69 Å². The zero-order chi connectivity index (χ0) is 23.0. The van der Waals surface area contributed by atoms with Crippen molar-refractivity contribution in [2.45, 2.75) is 57.0 Å². The number of nitrogens with zero attached hydrogens (tertiary/aromatic N) is 2. The maximum atomic E-state index is 12.8. The molecule has 3 amide bonds. The van der Waals surface area contributed by atoms with Crippen LogP contribution in [-0.2, 0) is 4.79 Å². The second-order valence-electron chi connectivity index (χ2n) is 9.39. The number of hydrogen-bond acceptors (Lipinski definition) is 3. The Hall–Kier alpha value is -2.86. The molecule has 176 valence electrons. The number of urea groups is 1. The summed E-state index contributed by atoms with van der Waals surface area (Å²) in [5.41, 5.74) is 3.08. The number of likely N-dealkylation sites (tertiary alicyclic amines) is 1. The monoisotopic (exact) mass is 448 g/mol. The van der Waals surface area contributed by atoms with Crippen LogP contribution in [0, 0.1) is 0 Å². The molecule has 0 unspecified atom stereocenters. The van der Waals surface area contributed by atoms with Gasteiger partial charge in [-0.15, -0.1) is 0 Å². The van der Waals surface area contributed by atoms with Crippen molar-refractivity contribution < 1.29 is 9.59 Å². The lowest BCUT2D eigenvalue weighted by molar-refractivity contribution is -0.123. The molecule has 1 aliphatic heterocycles. The van der Waals surface area contributed by atoms with Gasteiger partial charge in [0.05, 0.1) is 6.54 Å². The van der Waals surface area contributed by atoms with Gasteiger partial charge in [-0.05, 0) is 48.9 Å². The Labute approximate surface area is 197 Å². The first-order valence-electron chi connectivity index (χ1n) is 12.3. The fraction of sp³-hybridized carbons (Fsp3) is 0.481. The summed E-state index contributed by atoms with van der Waals surface area (Å²) < 4.78 is 0. The zero-order valence-corrected chi connectivity index (χ0v) is 19.6. The fourth-order valence-corrected chi connectivity index (χ4v) is 4.94. The summed E-state index contributed by atoms with van der Waals surface area (Å²) in [5.74, 6) is 0.144. The average molecular weight is 449 g/mol. The van der Waals surface area contributed by atoms with Crippen molar-refractivity contribution >= 4 is 17.6 Å². The van der Waals surface area contributed by atoms with Crippen LogP contribution in [-0.4, -0.2) is 60.5 Å². The zero-order valence-electron chi connectivity index (χ0n) is 19.6. The van der Waals surface area contributed by atoms with Gasteiger partial charge in [0, 0.05) is 37.9 Å². The Morgan fingerprint density at radius 3 is 2.18 bits per heavy atom. The van der Waals surface area contributed by atoms with Crippen LogP contribution in [0.5, 0.6) is 0 Å². The van der Waals surface area contributed by atoms with Crippen LogP contribution in [0.3, 0.4) is 0 Å². The Bertz CT molecular complexity index is 901. The molecule has 0 spiro atoms. The maximum absolute atomic E-state index is 12.8. The van der Waals surface area contributed by atoms with Crippen LogP contribution in [0.4, 0.5) is 10.5 Å². The van der Waals surface area contributed by atoms with Gasteiger partial charge >= 0.3 is 6.03 Å². The summed E-state index contributed by atoms with van der Waals surface area (Å²) in [5, 5.41) is 6.22. The van der Waals surface area contributed by atoms with E-state index in [4.69, 9.17) is 0 Å². The van der Waals surface area contributed by atoms with E-state index < -0.39 is 0 Å². The molecule has 2 aromatic rings. The van der Waals surface area contributed by atoms with Crippen LogP contribution in [0.2, 0.25) is 0 Å². The molecular weight excluding hydrogens is 412 g/mol. The molecule has 4 rings (SSSR count). The van der Waals surface area contributed by atoms with Crippen molar-refractivity contribution in [3.63, 3.8) is 0 Å². The topological polar surface area (TPSA) is 64.7 Å². The van der Waals surface area contributed by atoms with Crippen molar-refractivity contribution in [1.82, 2.24) is 15.1 Å². The second kappa shape index (κ2) is 11.3. The predicted molar refractivity (Wildman–Crippen MR) is 133 cm³/mol. The van der Waals surface area contributed by atoms with Gasteiger partial charge in [0.1, 0.15) is 0 Å². The first-order chi connectivity index (χ1) is 16.1. The molecule has 0 atom stereocenters. The predicted octanol–water partition coefficient (Wildman–Crippen LogP) is 4.73. The summed E-state index contributed by atoms with van der Waals surface area (Å²) in [6.45, 7) is 2.14. The minimum absolute atomic E-state index is 0.0871. The van der Waals surface area contributed by atoms with Gasteiger partial charge in [-0.2, -0.15) is 0 Å². The molecule has 1 aliphatic carbocycles. The van der Waals surface area contributed by atoms with Crippen LogP contribution < -0.4 is 10.6 Å². The average Bonchev–Trinajstić information content (AvgIpc) is 2.85. The fourth-order valence-electron chi connectivity index (χ4n) is 4.94.